The molecule has 2 N–H and O–H groups in total. The molecule has 0 bridgehead atoms. The summed E-state index contributed by atoms with van der Waals surface area (Å²) in [5.41, 5.74) is 5.31. The minimum Gasteiger partial charge on any atom is -0.330 e. The zero-order valence-corrected chi connectivity index (χ0v) is 7.88. The number of nitrogens with two attached hydrogens (primary N) is 1. The SMILES string of the molecule is CON(C)C(=O)CCCCCN. The molecule has 0 aliphatic carbocycles. The number of nitrogens with zero attached hydrogens (tertiary/aromatic N) is 1. The second-order valence-corrected chi connectivity index (χ2v) is 2.67. The van der Waals surface area contributed by atoms with E-state index in [4.69, 9.17) is 10.6 Å². The van der Waals surface area contributed by atoms with E-state index in [1.54, 1.807) is 7.05 Å². The van der Waals surface area contributed by atoms with Gasteiger partial charge in [-0.2, -0.15) is 0 Å². The summed E-state index contributed by atoms with van der Waals surface area (Å²) < 4.78 is 0. The number of carbonyl (C=O) groups is 1. The smallest absolute Gasteiger partial charge is 0.245 e. The first-order valence-corrected chi connectivity index (χ1v) is 4.23. The molecule has 12 heavy (non-hydrogen) atoms. The molecular weight excluding hydrogens is 156 g/mol. The van der Waals surface area contributed by atoms with Crippen molar-refractivity contribution in [2.24, 2.45) is 5.73 Å². The summed E-state index contributed by atoms with van der Waals surface area (Å²) in [6.45, 7) is 0.703. The quantitative estimate of drug-likeness (QED) is 0.472. The van der Waals surface area contributed by atoms with Crippen molar-refractivity contribution in [1.82, 2.24) is 5.06 Å². The Hall–Kier alpha value is -0.610. The maximum absolute atomic E-state index is 11.1. The van der Waals surface area contributed by atoms with E-state index >= 15 is 0 Å². The van der Waals surface area contributed by atoms with Gasteiger partial charge in [-0.15, -0.1) is 0 Å². The molecule has 0 radical (unpaired) electrons. The topological polar surface area (TPSA) is 55.6 Å². The van der Waals surface area contributed by atoms with E-state index < -0.39 is 0 Å². The van der Waals surface area contributed by atoms with Crippen molar-refractivity contribution in [3.63, 3.8) is 0 Å². The van der Waals surface area contributed by atoms with Gasteiger partial charge in [-0.05, 0) is 19.4 Å². The summed E-state index contributed by atoms with van der Waals surface area (Å²) in [5, 5.41) is 1.25. The van der Waals surface area contributed by atoms with Gasteiger partial charge in [-0.3, -0.25) is 9.63 Å². The molecular formula is C8H18N2O2. The molecule has 0 heterocycles. The molecule has 0 aliphatic rings. The fourth-order valence-electron chi connectivity index (χ4n) is 0.857. The molecule has 0 atom stereocenters. The average molecular weight is 174 g/mol. The first-order valence-electron chi connectivity index (χ1n) is 4.23. The highest BCUT2D eigenvalue weighted by Crippen LogP contribution is 2.01. The lowest BCUT2D eigenvalue weighted by molar-refractivity contribution is -0.168. The first kappa shape index (κ1) is 11.4. The molecule has 72 valence electrons. The van der Waals surface area contributed by atoms with Crippen molar-refractivity contribution in [3.8, 4) is 0 Å². The van der Waals surface area contributed by atoms with Gasteiger partial charge in [-0.25, -0.2) is 5.06 Å². The van der Waals surface area contributed by atoms with Crippen molar-refractivity contribution < 1.29 is 9.63 Å². The number of hydrogen-bond donors (Lipinski definition) is 1. The van der Waals surface area contributed by atoms with Gasteiger partial charge in [0.05, 0.1) is 7.11 Å². The van der Waals surface area contributed by atoms with Crippen molar-refractivity contribution >= 4 is 5.91 Å². The number of hydrogen-bond acceptors (Lipinski definition) is 3. The summed E-state index contributed by atoms with van der Waals surface area (Å²) in [4.78, 5) is 15.8. The van der Waals surface area contributed by atoms with Gasteiger partial charge in [0.25, 0.3) is 0 Å². The fourth-order valence-corrected chi connectivity index (χ4v) is 0.857. The third kappa shape index (κ3) is 5.09. The molecule has 0 rings (SSSR count). The molecule has 0 aromatic carbocycles. The molecule has 1 amide bonds. The highest BCUT2D eigenvalue weighted by Gasteiger charge is 2.05. The summed E-state index contributed by atoms with van der Waals surface area (Å²) >= 11 is 0. The average Bonchev–Trinajstić information content (AvgIpc) is 2.10. The lowest BCUT2D eigenvalue weighted by atomic mass is 10.2. The standard InChI is InChI=1S/C8H18N2O2/c1-10(12-2)8(11)6-4-3-5-7-9/h3-7,9H2,1-2H3. The molecule has 0 aromatic rings. The minimum atomic E-state index is 0.0227. The largest absolute Gasteiger partial charge is 0.330 e. The van der Waals surface area contributed by atoms with Gasteiger partial charge in [0, 0.05) is 13.5 Å². The van der Waals surface area contributed by atoms with E-state index in [0.717, 1.165) is 19.3 Å². The molecule has 0 aliphatic heterocycles. The Morgan fingerprint density at radius 3 is 2.58 bits per heavy atom. The number of amides is 1. The molecule has 0 unspecified atom stereocenters. The summed E-state index contributed by atoms with van der Waals surface area (Å²) in [5.74, 6) is 0.0227. The van der Waals surface area contributed by atoms with Crippen molar-refractivity contribution in [2.75, 3.05) is 20.7 Å². The monoisotopic (exact) mass is 174 g/mol. The van der Waals surface area contributed by atoms with Crippen LogP contribution in [0.3, 0.4) is 0 Å². The second-order valence-electron chi connectivity index (χ2n) is 2.67. The van der Waals surface area contributed by atoms with Crippen molar-refractivity contribution in [3.05, 3.63) is 0 Å². The van der Waals surface area contributed by atoms with E-state index in [2.05, 4.69) is 0 Å². The summed E-state index contributed by atoms with van der Waals surface area (Å²) in [6.07, 6.45) is 3.44. The van der Waals surface area contributed by atoms with E-state index in [1.165, 1.54) is 12.2 Å². The van der Waals surface area contributed by atoms with Crippen LogP contribution in [0, 0.1) is 0 Å². The van der Waals surface area contributed by atoms with Crippen LogP contribution < -0.4 is 5.73 Å². The van der Waals surface area contributed by atoms with Crippen LogP contribution in [0.25, 0.3) is 0 Å². The molecule has 0 saturated heterocycles. The van der Waals surface area contributed by atoms with Gasteiger partial charge < -0.3 is 5.73 Å². The maximum Gasteiger partial charge on any atom is 0.245 e. The zero-order valence-electron chi connectivity index (χ0n) is 7.88. The van der Waals surface area contributed by atoms with Crippen molar-refractivity contribution in [2.45, 2.75) is 25.7 Å². The normalized spacial score (nSPS) is 9.92. The Labute approximate surface area is 73.6 Å². The first-order chi connectivity index (χ1) is 5.72. The van der Waals surface area contributed by atoms with Crippen LogP contribution in [0.15, 0.2) is 0 Å². The highest BCUT2D eigenvalue weighted by atomic mass is 16.7. The molecule has 4 nitrogen and oxygen atoms in total. The van der Waals surface area contributed by atoms with E-state index in [-0.39, 0.29) is 5.91 Å². The fraction of sp³-hybridized carbons (Fsp3) is 0.875. The Kier molecular flexibility index (Phi) is 6.70. The van der Waals surface area contributed by atoms with E-state index in [9.17, 15) is 4.79 Å². The Morgan fingerprint density at radius 2 is 2.08 bits per heavy atom. The third-order valence-electron chi connectivity index (χ3n) is 1.72. The van der Waals surface area contributed by atoms with Gasteiger partial charge >= 0.3 is 0 Å². The predicted molar refractivity (Wildman–Crippen MR) is 47.3 cm³/mol. The number of unbranched alkanes of at least 4 members (excludes halogenated alkanes) is 2. The van der Waals surface area contributed by atoms with Crippen LogP contribution in [0.5, 0.6) is 0 Å². The summed E-state index contributed by atoms with van der Waals surface area (Å²) in [6, 6.07) is 0. The van der Waals surface area contributed by atoms with Crippen LogP contribution >= 0.6 is 0 Å². The molecule has 0 spiro atoms. The number of rotatable bonds is 6. The van der Waals surface area contributed by atoms with Crippen LogP contribution in [0.4, 0.5) is 0 Å². The minimum absolute atomic E-state index is 0.0227. The predicted octanol–water partition coefficient (Wildman–Crippen LogP) is 0.525. The van der Waals surface area contributed by atoms with Gasteiger partial charge in [0.15, 0.2) is 0 Å². The van der Waals surface area contributed by atoms with Crippen molar-refractivity contribution in [1.29, 1.82) is 0 Å². The Morgan fingerprint density at radius 1 is 1.42 bits per heavy atom. The van der Waals surface area contributed by atoms with E-state index in [0.29, 0.717) is 13.0 Å². The lowest BCUT2D eigenvalue weighted by Gasteiger charge is -2.12. The van der Waals surface area contributed by atoms with Crippen LogP contribution in [-0.2, 0) is 9.63 Å². The van der Waals surface area contributed by atoms with Gasteiger partial charge in [-0.1, -0.05) is 6.42 Å². The molecule has 0 fully saturated rings. The zero-order chi connectivity index (χ0) is 9.40. The van der Waals surface area contributed by atoms with Gasteiger partial charge in [0.2, 0.25) is 5.91 Å². The lowest BCUT2D eigenvalue weighted by Crippen LogP contribution is -2.24. The molecule has 0 aromatic heterocycles. The van der Waals surface area contributed by atoms with E-state index in [1.807, 2.05) is 0 Å². The molecule has 0 saturated carbocycles. The third-order valence-corrected chi connectivity index (χ3v) is 1.72. The van der Waals surface area contributed by atoms with Crippen LogP contribution in [-0.4, -0.2) is 31.7 Å². The summed E-state index contributed by atoms with van der Waals surface area (Å²) in [7, 11) is 3.10. The number of hydroxylamine groups is 2. The maximum atomic E-state index is 11.1. The second kappa shape index (κ2) is 7.06. The van der Waals surface area contributed by atoms with Gasteiger partial charge in [0.1, 0.15) is 0 Å². The van der Waals surface area contributed by atoms with Crippen LogP contribution in [0.1, 0.15) is 25.7 Å². The Bertz CT molecular complexity index is 128. The molecule has 4 heteroatoms. The van der Waals surface area contributed by atoms with Crippen LogP contribution in [0.2, 0.25) is 0 Å². The Balaban J connectivity index is 3.31. The number of carbonyl (C=O) groups excluding carboxylic acids is 1. The highest BCUT2D eigenvalue weighted by molar-refractivity contribution is 5.74.